The number of halogens is 3. The summed E-state index contributed by atoms with van der Waals surface area (Å²) in [6, 6.07) is 11.5. The first-order valence-corrected chi connectivity index (χ1v) is 8.30. The fraction of sp³-hybridized carbons (Fsp3) is 0.222. The van der Waals surface area contributed by atoms with Crippen LogP contribution in [0.25, 0.3) is 0 Å². The van der Waals surface area contributed by atoms with Gasteiger partial charge in [0, 0.05) is 5.56 Å². The third-order valence-corrected chi connectivity index (χ3v) is 4.60. The fourth-order valence-corrected chi connectivity index (χ4v) is 3.40. The van der Waals surface area contributed by atoms with Crippen LogP contribution in [0.2, 0.25) is 0 Å². The Hall–Kier alpha value is -2.65. The second-order valence-electron chi connectivity index (χ2n) is 6.14. The van der Waals surface area contributed by atoms with Gasteiger partial charge < -0.3 is 20.8 Å². The van der Waals surface area contributed by atoms with Gasteiger partial charge in [-0.05, 0) is 29.9 Å². The minimum absolute atomic E-state index is 0.00625. The summed E-state index contributed by atoms with van der Waals surface area (Å²) in [7, 11) is 0. The number of carbonyl (C=O) groups excluding carboxylic acids is 1. The molecule has 9 heteroatoms. The molecule has 1 aliphatic heterocycles. The lowest BCUT2D eigenvalue weighted by Gasteiger charge is -2.46. The third kappa shape index (κ3) is 3.47. The molecular weight excluding hydrogens is 381 g/mol. The summed E-state index contributed by atoms with van der Waals surface area (Å²) in [5.74, 6) is -3.11. The van der Waals surface area contributed by atoms with Crippen molar-refractivity contribution in [1.82, 2.24) is 10.6 Å². The van der Waals surface area contributed by atoms with E-state index in [1.165, 1.54) is 48.5 Å². The first kappa shape index (κ1) is 19.1. The lowest BCUT2D eigenvalue weighted by molar-refractivity contribution is -0.285. The molecule has 142 valence electrons. The smallest absolute Gasteiger partial charge is 0.437 e. The number of ketones is 1. The summed E-state index contributed by atoms with van der Waals surface area (Å²) < 4.78 is 41.4. The summed E-state index contributed by atoms with van der Waals surface area (Å²) in [5.41, 5.74) is -3.40. The number of alkyl halides is 3. The van der Waals surface area contributed by atoms with Gasteiger partial charge in [0.15, 0.2) is 10.9 Å². The number of hydrogen-bond donors (Lipinski definition) is 4. The van der Waals surface area contributed by atoms with Crippen molar-refractivity contribution in [3.05, 3.63) is 65.7 Å². The molecule has 2 aromatic rings. The van der Waals surface area contributed by atoms with Crippen LogP contribution >= 0.6 is 12.2 Å². The normalized spacial score (nSPS) is 25.4. The zero-order chi connectivity index (χ0) is 19.8. The quantitative estimate of drug-likeness (QED) is 0.472. The highest BCUT2D eigenvalue weighted by Crippen LogP contribution is 2.44. The van der Waals surface area contributed by atoms with Gasteiger partial charge in [0.1, 0.15) is 11.7 Å². The number of phenols is 1. The molecule has 0 aromatic heterocycles. The largest absolute Gasteiger partial charge is 0.508 e. The van der Waals surface area contributed by atoms with Crippen LogP contribution in [0.4, 0.5) is 13.2 Å². The van der Waals surface area contributed by atoms with Gasteiger partial charge in [-0.25, -0.2) is 0 Å². The zero-order valence-electron chi connectivity index (χ0n) is 13.7. The van der Waals surface area contributed by atoms with Crippen LogP contribution in [-0.2, 0) is 0 Å². The van der Waals surface area contributed by atoms with Gasteiger partial charge in [0.05, 0.1) is 6.04 Å². The maximum atomic E-state index is 13.8. The average molecular weight is 396 g/mol. The van der Waals surface area contributed by atoms with E-state index in [-0.39, 0.29) is 16.9 Å². The zero-order valence-corrected chi connectivity index (χ0v) is 14.5. The summed E-state index contributed by atoms with van der Waals surface area (Å²) in [4.78, 5) is 13.0. The number of carbonyl (C=O) groups is 1. The van der Waals surface area contributed by atoms with E-state index < -0.39 is 34.8 Å². The van der Waals surface area contributed by atoms with Crippen LogP contribution in [0.15, 0.2) is 54.6 Å². The van der Waals surface area contributed by atoms with Crippen LogP contribution in [0, 0.1) is 5.92 Å². The molecule has 27 heavy (non-hydrogen) atoms. The third-order valence-electron chi connectivity index (χ3n) is 4.38. The number of hydrogen-bond acceptors (Lipinski definition) is 4. The average Bonchev–Trinajstić information content (AvgIpc) is 2.60. The molecule has 0 unspecified atom stereocenters. The molecule has 3 atom stereocenters. The van der Waals surface area contributed by atoms with E-state index in [4.69, 9.17) is 12.2 Å². The van der Waals surface area contributed by atoms with Gasteiger partial charge in [-0.1, -0.05) is 42.5 Å². The Morgan fingerprint density at radius 3 is 2.37 bits per heavy atom. The topological polar surface area (TPSA) is 81.6 Å². The Morgan fingerprint density at radius 1 is 1.11 bits per heavy atom. The molecule has 0 spiro atoms. The number of phenolic OH excluding ortho intramolecular Hbond substituents is 1. The van der Waals surface area contributed by atoms with Gasteiger partial charge in [0.25, 0.3) is 0 Å². The first-order valence-electron chi connectivity index (χ1n) is 7.89. The summed E-state index contributed by atoms with van der Waals surface area (Å²) in [5, 5.41) is 24.2. The molecule has 1 heterocycles. The van der Waals surface area contributed by atoms with E-state index in [1.807, 2.05) is 5.32 Å². The van der Waals surface area contributed by atoms with Crippen molar-refractivity contribution in [1.29, 1.82) is 0 Å². The van der Waals surface area contributed by atoms with Crippen LogP contribution in [0.3, 0.4) is 0 Å². The fourth-order valence-electron chi connectivity index (χ4n) is 3.12. The van der Waals surface area contributed by atoms with E-state index in [1.54, 1.807) is 6.07 Å². The summed E-state index contributed by atoms with van der Waals surface area (Å²) >= 11 is 4.83. The molecule has 5 nitrogen and oxygen atoms in total. The van der Waals surface area contributed by atoms with Crippen molar-refractivity contribution in [3.63, 3.8) is 0 Å². The Morgan fingerprint density at radius 2 is 1.78 bits per heavy atom. The second kappa shape index (κ2) is 6.82. The highest BCUT2D eigenvalue weighted by molar-refractivity contribution is 7.80. The molecule has 0 radical (unpaired) electrons. The van der Waals surface area contributed by atoms with E-state index in [0.717, 1.165) is 0 Å². The predicted octanol–water partition coefficient (Wildman–Crippen LogP) is 2.66. The number of rotatable bonds is 3. The number of aliphatic hydroxyl groups is 1. The van der Waals surface area contributed by atoms with E-state index in [2.05, 4.69) is 5.32 Å². The molecule has 3 rings (SSSR count). The van der Waals surface area contributed by atoms with Crippen LogP contribution < -0.4 is 10.6 Å². The molecule has 1 aliphatic rings. The van der Waals surface area contributed by atoms with Crippen molar-refractivity contribution < 1.29 is 28.2 Å². The van der Waals surface area contributed by atoms with Crippen LogP contribution in [0.1, 0.15) is 22.0 Å². The molecule has 2 aromatic carbocycles. The van der Waals surface area contributed by atoms with Crippen molar-refractivity contribution >= 4 is 23.1 Å². The van der Waals surface area contributed by atoms with Gasteiger partial charge in [-0.15, -0.1) is 0 Å². The van der Waals surface area contributed by atoms with Crippen LogP contribution in [0.5, 0.6) is 5.75 Å². The van der Waals surface area contributed by atoms with Crippen molar-refractivity contribution in [3.8, 4) is 5.75 Å². The molecule has 4 N–H and O–H groups in total. The van der Waals surface area contributed by atoms with Gasteiger partial charge >= 0.3 is 6.18 Å². The second-order valence-corrected chi connectivity index (χ2v) is 6.55. The van der Waals surface area contributed by atoms with E-state index in [0.29, 0.717) is 0 Å². The lowest BCUT2D eigenvalue weighted by atomic mass is 9.77. The van der Waals surface area contributed by atoms with Gasteiger partial charge in [0.2, 0.25) is 5.72 Å². The monoisotopic (exact) mass is 396 g/mol. The highest BCUT2D eigenvalue weighted by Gasteiger charge is 2.65. The Bertz CT molecular complexity index is 876. The molecule has 1 saturated heterocycles. The van der Waals surface area contributed by atoms with Crippen LogP contribution in [-0.4, -0.2) is 33.0 Å². The Labute approximate surface area is 157 Å². The minimum atomic E-state index is -5.19. The molecule has 0 amide bonds. The van der Waals surface area contributed by atoms with E-state index >= 15 is 0 Å². The molecule has 1 fully saturated rings. The van der Waals surface area contributed by atoms with Gasteiger partial charge in [-0.3, -0.25) is 4.79 Å². The summed E-state index contributed by atoms with van der Waals surface area (Å²) in [6.45, 7) is 0. The number of nitrogens with one attached hydrogen (secondary N) is 2. The van der Waals surface area contributed by atoms with Crippen molar-refractivity contribution in [2.75, 3.05) is 0 Å². The van der Waals surface area contributed by atoms with Crippen molar-refractivity contribution in [2.24, 2.45) is 5.92 Å². The van der Waals surface area contributed by atoms with E-state index in [9.17, 15) is 28.2 Å². The standard InChI is InChI=1S/C18H15F3N2O3S/c19-18(20,21)17(26)13(15(25)10-5-2-1-3-6-10)14(22-16(27)23-17)11-7-4-8-12(24)9-11/h1-9,13-14,24,26H,(H2,22,23,27)/t13-,14-,17+/m1/s1. The summed E-state index contributed by atoms with van der Waals surface area (Å²) in [6.07, 6.45) is -5.19. The number of aromatic hydroxyl groups is 1. The van der Waals surface area contributed by atoms with Crippen molar-refractivity contribution in [2.45, 2.75) is 17.9 Å². The number of thiocarbonyl (C=S) groups is 1. The highest BCUT2D eigenvalue weighted by atomic mass is 32.1. The molecule has 0 bridgehead atoms. The minimum Gasteiger partial charge on any atom is -0.508 e. The maximum absolute atomic E-state index is 13.8. The maximum Gasteiger partial charge on any atom is 0.437 e. The number of Topliss-reactive ketones (excluding diaryl/α,β-unsaturated/α-hetero) is 1. The Balaban J connectivity index is 2.17. The SMILES string of the molecule is O=C(c1ccccc1)[C@H]1[C@@H](c2cccc(O)c2)NC(=S)N[C@@]1(O)C(F)(F)F. The molecule has 0 aliphatic carbocycles. The lowest BCUT2D eigenvalue weighted by Crippen LogP contribution is -2.72. The number of benzene rings is 2. The Kier molecular flexibility index (Phi) is 4.83. The first-order chi connectivity index (χ1) is 12.6. The predicted molar refractivity (Wildman–Crippen MR) is 95.0 cm³/mol. The molecular formula is C18H15F3N2O3S. The van der Waals surface area contributed by atoms with Gasteiger partial charge in [-0.2, -0.15) is 13.2 Å². The molecule has 0 saturated carbocycles.